The van der Waals surface area contributed by atoms with Gasteiger partial charge in [0.1, 0.15) is 17.5 Å². The van der Waals surface area contributed by atoms with E-state index in [4.69, 9.17) is 16.4 Å². The van der Waals surface area contributed by atoms with Crippen molar-refractivity contribution < 1.29 is 14.7 Å². The Morgan fingerprint density at radius 1 is 1.26 bits per heavy atom. The molecular weight excluding hydrogens is 364 g/mol. The van der Waals surface area contributed by atoms with Crippen molar-refractivity contribution in [3.8, 4) is 0 Å². The van der Waals surface area contributed by atoms with Crippen molar-refractivity contribution in [2.24, 2.45) is 5.16 Å². The molecule has 5 nitrogen and oxygen atoms in total. The topological polar surface area (TPSA) is 71.8 Å². The van der Waals surface area contributed by atoms with Crippen molar-refractivity contribution in [2.45, 2.75) is 71.6 Å². The number of rotatable bonds is 5. The molecule has 27 heavy (non-hydrogen) atoms. The molecule has 2 aliphatic carbocycles. The first kappa shape index (κ1) is 19.9. The third kappa shape index (κ3) is 3.88. The van der Waals surface area contributed by atoms with E-state index < -0.39 is 0 Å². The normalized spacial score (nSPS) is 20.7. The number of aliphatic hydroxyl groups excluding tert-OH is 1. The molecule has 1 aromatic rings. The van der Waals surface area contributed by atoms with E-state index in [9.17, 15) is 9.90 Å². The second kappa shape index (κ2) is 8.42. The van der Waals surface area contributed by atoms with E-state index in [1.807, 2.05) is 20.8 Å². The summed E-state index contributed by atoms with van der Waals surface area (Å²) in [5, 5.41) is 15.2. The van der Waals surface area contributed by atoms with Gasteiger partial charge in [-0.05, 0) is 62.6 Å². The lowest BCUT2D eigenvalue weighted by Gasteiger charge is -2.29. The number of aliphatic hydroxyl groups is 1. The maximum absolute atomic E-state index is 12.9. The molecule has 0 spiro atoms. The molecule has 146 valence electrons. The van der Waals surface area contributed by atoms with Crippen LogP contribution < -0.4 is 0 Å². The van der Waals surface area contributed by atoms with Gasteiger partial charge in [-0.1, -0.05) is 23.7 Å². The number of aryl methyl sites for hydroxylation is 1. The number of ketones is 1. The standard InChI is InChI=1S/C21H27ClN2O3/c1-4-16(24-27-5-2)20-17(25)10-13(11-18(20)26)19-15-9-7-6-8-14(15)12(3)23-21(19)22/h13,25H,4-11H2,1-3H3/b24-16-. The summed E-state index contributed by atoms with van der Waals surface area (Å²) in [6.45, 7) is 6.15. The zero-order valence-electron chi connectivity index (χ0n) is 16.3. The Balaban J connectivity index is 2.00. The summed E-state index contributed by atoms with van der Waals surface area (Å²) >= 11 is 6.53. The molecule has 0 radical (unpaired) electrons. The lowest BCUT2D eigenvalue weighted by molar-refractivity contribution is -0.116. The summed E-state index contributed by atoms with van der Waals surface area (Å²) in [7, 11) is 0. The molecule has 0 fully saturated rings. The molecular formula is C21H27ClN2O3. The van der Waals surface area contributed by atoms with Crippen molar-refractivity contribution in [3.63, 3.8) is 0 Å². The van der Waals surface area contributed by atoms with E-state index in [1.54, 1.807) is 0 Å². The van der Waals surface area contributed by atoms with Crippen LogP contribution in [0.15, 0.2) is 16.5 Å². The Hall–Kier alpha value is -1.88. The van der Waals surface area contributed by atoms with E-state index in [2.05, 4.69) is 10.1 Å². The number of halogens is 1. The van der Waals surface area contributed by atoms with Crippen molar-refractivity contribution in [1.29, 1.82) is 0 Å². The maximum Gasteiger partial charge on any atom is 0.168 e. The fourth-order valence-electron chi connectivity index (χ4n) is 4.27. The minimum absolute atomic E-state index is 0.0813. The summed E-state index contributed by atoms with van der Waals surface area (Å²) in [4.78, 5) is 22.5. The van der Waals surface area contributed by atoms with Crippen molar-refractivity contribution >= 4 is 23.1 Å². The number of oxime groups is 1. The average molecular weight is 391 g/mol. The summed E-state index contributed by atoms with van der Waals surface area (Å²) < 4.78 is 0. The summed E-state index contributed by atoms with van der Waals surface area (Å²) in [6.07, 6.45) is 5.45. The Morgan fingerprint density at radius 2 is 1.96 bits per heavy atom. The molecule has 2 aliphatic rings. The summed E-state index contributed by atoms with van der Waals surface area (Å²) in [6, 6.07) is 0. The fraction of sp³-hybridized carbons (Fsp3) is 0.571. The number of carbonyl (C=O) groups excluding carboxylic acids is 1. The highest BCUT2D eigenvalue weighted by atomic mass is 35.5. The minimum Gasteiger partial charge on any atom is -0.511 e. The Labute approximate surface area is 165 Å². The van der Waals surface area contributed by atoms with Gasteiger partial charge < -0.3 is 9.94 Å². The van der Waals surface area contributed by atoms with Crippen LogP contribution in [0.5, 0.6) is 0 Å². The van der Waals surface area contributed by atoms with E-state index in [1.165, 1.54) is 11.1 Å². The first-order chi connectivity index (χ1) is 13.0. The van der Waals surface area contributed by atoms with Gasteiger partial charge in [-0.25, -0.2) is 4.98 Å². The van der Waals surface area contributed by atoms with Crippen LogP contribution in [0, 0.1) is 6.92 Å². The van der Waals surface area contributed by atoms with Gasteiger partial charge >= 0.3 is 0 Å². The molecule has 3 rings (SSSR count). The highest BCUT2D eigenvalue weighted by molar-refractivity contribution is 6.30. The highest BCUT2D eigenvalue weighted by Gasteiger charge is 2.34. The van der Waals surface area contributed by atoms with Crippen LogP contribution in [0.4, 0.5) is 0 Å². The van der Waals surface area contributed by atoms with Crippen LogP contribution in [0.2, 0.25) is 5.15 Å². The van der Waals surface area contributed by atoms with Crippen molar-refractivity contribution in [3.05, 3.63) is 38.9 Å². The Bertz CT molecular complexity index is 814. The first-order valence-corrected chi connectivity index (χ1v) is 10.2. The number of hydrogen-bond acceptors (Lipinski definition) is 5. The summed E-state index contributed by atoms with van der Waals surface area (Å²) in [5.41, 5.74) is 5.27. The molecule has 0 aliphatic heterocycles. The fourth-order valence-corrected chi connectivity index (χ4v) is 4.67. The van der Waals surface area contributed by atoms with Gasteiger partial charge in [0.05, 0.1) is 11.3 Å². The number of Topliss-reactive ketones (excluding diaryl/α,β-unsaturated/α-hetero) is 1. The van der Waals surface area contributed by atoms with Crippen molar-refractivity contribution in [2.75, 3.05) is 6.61 Å². The van der Waals surface area contributed by atoms with E-state index in [0.717, 1.165) is 36.9 Å². The number of fused-ring (bicyclic) bond motifs is 1. The third-order valence-electron chi connectivity index (χ3n) is 5.49. The monoisotopic (exact) mass is 390 g/mol. The van der Waals surface area contributed by atoms with E-state index >= 15 is 0 Å². The molecule has 0 aromatic carbocycles. The lowest BCUT2D eigenvalue weighted by Crippen LogP contribution is -2.25. The SMILES string of the molecule is CCO/N=C(/CC)C1=C(O)CC(c2c(Cl)nc(C)c3c2CCCC3)CC1=O. The van der Waals surface area contributed by atoms with Gasteiger partial charge in [-0.3, -0.25) is 4.79 Å². The number of pyridine rings is 1. The Kier molecular flexibility index (Phi) is 6.20. The lowest BCUT2D eigenvalue weighted by atomic mass is 9.77. The second-order valence-electron chi connectivity index (χ2n) is 7.23. The predicted molar refractivity (Wildman–Crippen MR) is 107 cm³/mol. The van der Waals surface area contributed by atoms with Gasteiger partial charge in [0.2, 0.25) is 0 Å². The largest absolute Gasteiger partial charge is 0.511 e. The molecule has 1 unspecified atom stereocenters. The maximum atomic E-state index is 12.9. The van der Waals surface area contributed by atoms with Gasteiger partial charge in [0.25, 0.3) is 0 Å². The molecule has 0 saturated heterocycles. The molecule has 1 aromatic heterocycles. The zero-order valence-corrected chi connectivity index (χ0v) is 17.0. The quantitative estimate of drug-likeness (QED) is 0.437. The van der Waals surface area contributed by atoms with Crippen LogP contribution >= 0.6 is 11.6 Å². The molecule has 6 heteroatoms. The molecule has 0 saturated carbocycles. The first-order valence-electron chi connectivity index (χ1n) is 9.80. The zero-order chi connectivity index (χ0) is 19.6. The highest BCUT2D eigenvalue weighted by Crippen LogP contribution is 2.41. The van der Waals surface area contributed by atoms with E-state index in [0.29, 0.717) is 42.3 Å². The minimum atomic E-state index is -0.140. The number of allylic oxidation sites excluding steroid dienone is 2. The van der Waals surface area contributed by atoms with Gasteiger partial charge in [-0.15, -0.1) is 0 Å². The summed E-state index contributed by atoms with van der Waals surface area (Å²) in [5.74, 6) is -0.165. The number of aromatic nitrogens is 1. The van der Waals surface area contributed by atoms with E-state index in [-0.39, 0.29) is 17.5 Å². The predicted octanol–water partition coefficient (Wildman–Crippen LogP) is 4.98. The Morgan fingerprint density at radius 3 is 2.59 bits per heavy atom. The smallest absolute Gasteiger partial charge is 0.168 e. The molecule has 1 heterocycles. The van der Waals surface area contributed by atoms with Crippen LogP contribution in [0.25, 0.3) is 0 Å². The third-order valence-corrected chi connectivity index (χ3v) is 5.78. The number of hydrogen-bond donors (Lipinski definition) is 1. The van der Waals surface area contributed by atoms with Crippen LogP contribution in [0.3, 0.4) is 0 Å². The number of carbonyl (C=O) groups is 1. The number of nitrogens with zero attached hydrogens (tertiary/aromatic N) is 2. The van der Waals surface area contributed by atoms with Crippen LogP contribution in [-0.2, 0) is 22.5 Å². The van der Waals surface area contributed by atoms with Gasteiger partial charge in [-0.2, -0.15) is 0 Å². The van der Waals surface area contributed by atoms with Gasteiger partial charge in [0, 0.05) is 24.5 Å². The molecule has 0 amide bonds. The van der Waals surface area contributed by atoms with Crippen molar-refractivity contribution in [1.82, 2.24) is 4.98 Å². The van der Waals surface area contributed by atoms with Crippen LogP contribution in [-0.4, -0.2) is 28.2 Å². The molecule has 1 atom stereocenters. The van der Waals surface area contributed by atoms with Gasteiger partial charge in [0.15, 0.2) is 5.78 Å². The molecule has 1 N–H and O–H groups in total. The van der Waals surface area contributed by atoms with Crippen LogP contribution in [0.1, 0.15) is 74.3 Å². The average Bonchev–Trinajstić information content (AvgIpc) is 2.64. The second-order valence-corrected chi connectivity index (χ2v) is 7.58. The molecule has 0 bridgehead atoms.